The minimum absolute atomic E-state index is 0.210. The van der Waals surface area contributed by atoms with E-state index in [4.69, 9.17) is 0 Å². The number of hydrogen-bond donors (Lipinski definition) is 1. The van der Waals surface area contributed by atoms with Crippen molar-refractivity contribution >= 4 is 21.6 Å². The molecule has 2 unspecified atom stereocenters. The van der Waals surface area contributed by atoms with Gasteiger partial charge >= 0.3 is 0 Å². The zero-order valence-corrected chi connectivity index (χ0v) is 12.8. The Morgan fingerprint density at radius 1 is 1.33 bits per heavy atom. The average Bonchev–Trinajstić information content (AvgIpc) is 2.20. The lowest BCUT2D eigenvalue weighted by molar-refractivity contribution is 0.178. The summed E-state index contributed by atoms with van der Waals surface area (Å²) in [5, 5.41) is 3.54. The fraction of sp³-hybridized carbons (Fsp3) is 0.600. The molecule has 100 valence electrons. The molecule has 0 saturated heterocycles. The van der Waals surface area contributed by atoms with Crippen molar-refractivity contribution in [1.29, 1.82) is 0 Å². The fourth-order valence-electron chi connectivity index (χ4n) is 3.28. The molecule has 2 atom stereocenters. The van der Waals surface area contributed by atoms with Gasteiger partial charge in [0, 0.05) is 11.7 Å². The minimum Gasteiger partial charge on any atom is -0.382 e. The molecular formula is C15H21BrFN. The van der Waals surface area contributed by atoms with Crippen LogP contribution in [-0.4, -0.2) is 6.04 Å². The summed E-state index contributed by atoms with van der Waals surface area (Å²) in [6.07, 6.45) is 3.66. The molecule has 0 aliphatic heterocycles. The van der Waals surface area contributed by atoms with Gasteiger partial charge in [0.2, 0.25) is 0 Å². The highest BCUT2D eigenvalue weighted by molar-refractivity contribution is 9.10. The van der Waals surface area contributed by atoms with Gasteiger partial charge in [-0.25, -0.2) is 4.39 Å². The first kappa shape index (κ1) is 13.9. The number of rotatable bonds is 2. The topological polar surface area (TPSA) is 12.0 Å². The maximum atomic E-state index is 13.2. The Hall–Kier alpha value is -0.570. The standard InChI is InChI=1S/C15H21BrFN/c1-10-6-12(9-15(2,3)8-10)18-11-4-5-14(17)13(16)7-11/h4-5,7,10,12,18H,6,8-9H2,1-3H3. The molecule has 0 aromatic heterocycles. The summed E-state index contributed by atoms with van der Waals surface area (Å²) in [7, 11) is 0. The molecule has 0 radical (unpaired) electrons. The maximum Gasteiger partial charge on any atom is 0.137 e. The van der Waals surface area contributed by atoms with Crippen LogP contribution >= 0.6 is 15.9 Å². The van der Waals surface area contributed by atoms with Gasteiger partial charge in [-0.2, -0.15) is 0 Å². The Morgan fingerprint density at radius 2 is 2.06 bits per heavy atom. The first-order valence-electron chi connectivity index (χ1n) is 6.57. The Labute approximate surface area is 117 Å². The molecule has 0 amide bonds. The first-order valence-corrected chi connectivity index (χ1v) is 7.37. The van der Waals surface area contributed by atoms with E-state index in [2.05, 4.69) is 42.0 Å². The fourth-order valence-corrected chi connectivity index (χ4v) is 3.66. The van der Waals surface area contributed by atoms with Crippen LogP contribution < -0.4 is 5.32 Å². The van der Waals surface area contributed by atoms with E-state index in [-0.39, 0.29) is 5.82 Å². The van der Waals surface area contributed by atoms with E-state index in [0.29, 0.717) is 15.9 Å². The lowest BCUT2D eigenvalue weighted by atomic mass is 9.70. The molecule has 18 heavy (non-hydrogen) atoms. The van der Waals surface area contributed by atoms with Crippen molar-refractivity contribution in [3.05, 3.63) is 28.5 Å². The predicted molar refractivity (Wildman–Crippen MR) is 78.3 cm³/mol. The summed E-state index contributed by atoms with van der Waals surface area (Å²) < 4.78 is 13.7. The maximum absolute atomic E-state index is 13.2. The van der Waals surface area contributed by atoms with E-state index in [1.54, 1.807) is 0 Å². The second-order valence-corrected chi connectivity index (χ2v) is 7.24. The third kappa shape index (κ3) is 3.47. The van der Waals surface area contributed by atoms with E-state index in [9.17, 15) is 4.39 Å². The van der Waals surface area contributed by atoms with Gasteiger partial charge in [0.05, 0.1) is 4.47 Å². The Kier molecular flexibility index (Phi) is 4.00. The van der Waals surface area contributed by atoms with Crippen LogP contribution in [0, 0.1) is 17.2 Å². The smallest absolute Gasteiger partial charge is 0.137 e. The van der Waals surface area contributed by atoms with Crippen molar-refractivity contribution < 1.29 is 4.39 Å². The summed E-state index contributed by atoms with van der Waals surface area (Å²) in [4.78, 5) is 0. The molecule has 1 aliphatic carbocycles. The third-order valence-corrected chi connectivity index (χ3v) is 4.29. The van der Waals surface area contributed by atoms with Crippen LogP contribution in [0.1, 0.15) is 40.0 Å². The molecule has 1 aromatic carbocycles. The molecular weight excluding hydrogens is 293 g/mol. The summed E-state index contributed by atoms with van der Waals surface area (Å²) in [6, 6.07) is 5.62. The van der Waals surface area contributed by atoms with Crippen molar-refractivity contribution in [3.8, 4) is 0 Å². The largest absolute Gasteiger partial charge is 0.382 e. The lowest BCUT2D eigenvalue weighted by Gasteiger charge is -2.39. The lowest BCUT2D eigenvalue weighted by Crippen LogP contribution is -2.35. The van der Waals surface area contributed by atoms with Gasteiger partial charge in [0.1, 0.15) is 5.82 Å². The number of benzene rings is 1. The molecule has 1 nitrogen and oxygen atoms in total. The summed E-state index contributed by atoms with van der Waals surface area (Å²) in [5.74, 6) is 0.535. The van der Waals surface area contributed by atoms with Crippen LogP contribution in [0.5, 0.6) is 0 Å². The van der Waals surface area contributed by atoms with Crippen LogP contribution in [0.2, 0.25) is 0 Å². The summed E-state index contributed by atoms with van der Waals surface area (Å²) in [5.41, 5.74) is 1.39. The Morgan fingerprint density at radius 3 is 2.67 bits per heavy atom. The van der Waals surface area contributed by atoms with Gasteiger partial charge in [-0.3, -0.25) is 0 Å². The Balaban J connectivity index is 2.06. The van der Waals surface area contributed by atoms with Crippen molar-refractivity contribution in [2.24, 2.45) is 11.3 Å². The molecule has 0 bridgehead atoms. The SMILES string of the molecule is CC1CC(Nc2ccc(F)c(Br)c2)CC(C)(C)C1. The van der Waals surface area contributed by atoms with Gasteiger partial charge in [0.15, 0.2) is 0 Å². The van der Waals surface area contributed by atoms with Crippen LogP contribution in [0.4, 0.5) is 10.1 Å². The van der Waals surface area contributed by atoms with Crippen molar-refractivity contribution in [2.45, 2.75) is 46.1 Å². The van der Waals surface area contributed by atoms with E-state index >= 15 is 0 Å². The second-order valence-electron chi connectivity index (χ2n) is 6.38. The zero-order chi connectivity index (χ0) is 13.3. The normalized spacial score (nSPS) is 26.9. The molecule has 2 rings (SSSR count). The average molecular weight is 314 g/mol. The van der Waals surface area contributed by atoms with Gasteiger partial charge in [0.25, 0.3) is 0 Å². The van der Waals surface area contributed by atoms with Crippen molar-refractivity contribution in [2.75, 3.05) is 5.32 Å². The highest BCUT2D eigenvalue weighted by atomic mass is 79.9. The molecule has 1 N–H and O–H groups in total. The number of anilines is 1. The quantitative estimate of drug-likeness (QED) is 0.789. The van der Waals surface area contributed by atoms with Gasteiger partial charge in [-0.1, -0.05) is 20.8 Å². The van der Waals surface area contributed by atoms with Crippen LogP contribution in [0.3, 0.4) is 0 Å². The Bertz CT molecular complexity index is 431. The molecule has 1 saturated carbocycles. The molecule has 0 spiro atoms. The minimum atomic E-state index is -0.210. The molecule has 1 aliphatic rings. The number of nitrogens with one attached hydrogen (secondary N) is 1. The van der Waals surface area contributed by atoms with E-state index in [1.807, 2.05) is 12.1 Å². The molecule has 1 aromatic rings. The first-order chi connectivity index (χ1) is 8.35. The molecule has 3 heteroatoms. The summed E-state index contributed by atoms with van der Waals surface area (Å²) in [6.45, 7) is 6.98. The van der Waals surface area contributed by atoms with Gasteiger partial charge in [-0.15, -0.1) is 0 Å². The highest BCUT2D eigenvalue weighted by Crippen LogP contribution is 2.39. The van der Waals surface area contributed by atoms with Gasteiger partial charge < -0.3 is 5.32 Å². The van der Waals surface area contributed by atoms with Crippen molar-refractivity contribution in [1.82, 2.24) is 0 Å². The van der Waals surface area contributed by atoms with Crippen LogP contribution in [-0.2, 0) is 0 Å². The predicted octanol–water partition coefficient (Wildman–Crippen LogP) is 5.21. The van der Waals surface area contributed by atoms with E-state index in [0.717, 1.165) is 11.6 Å². The van der Waals surface area contributed by atoms with Gasteiger partial charge in [-0.05, 0) is 64.7 Å². The number of hydrogen-bond acceptors (Lipinski definition) is 1. The van der Waals surface area contributed by atoms with Crippen molar-refractivity contribution in [3.63, 3.8) is 0 Å². The van der Waals surface area contributed by atoms with E-state index < -0.39 is 0 Å². The zero-order valence-electron chi connectivity index (χ0n) is 11.3. The molecule has 0 heterocycles. The molecule has 1 fully saturated rings. The monoisotopic (exact) mass is 313 g/mol. The van der Waals surface area contributed by atoms with Crippen LogP contribution in [0.25, 0.3) is 0 Å². The highest BCUT2D eigenvalue weighted by Gasteiger charge is 2.31. The third-order valence-electron chi connectivity index (χ3n) is 3.68. The second kappa shape index (κ2) is 5.20. The number of halogens is 2. The van der Waals surface area contributed by atoms with E-state index in [1.165, 1.54) is 25.3 Å². The van der Waals surface area contributed by atoms with Crippen LogP contribution in [0.15, 0.2) is 22.7 Å². The summed E-state index contributed by atoms with van der Waals surface area (Å²) >= 11 is 3.23.